The second-order valence-corrected chi connectivity index (χ2v) is 13.3. The van der Waals surface area contributed by atoms with Crippen LogP contribution >= 0.6 is 7.60 Å². The lowest BCUT2D eigenvalue weighted by Gasteiger charge is -2.13. The van der Waals surface area contributed by atoms with E-state index >= 15 is 0 Å². The van der Waals surface area contributed by atoms with Gasteiger partial charge in [-0.15, -0.1) is 0 Å². The van der Waals surface area contributed by atoms with Gasteiger partial charge in [-0.1, -0.05) is 121 Å². The van der Waals surface area contributed by atoms with Gasteiger partial charge in [0.25, 0.3) is 10.1 Å². The van der Waals surface area contributed by atoms with Crippen LogP contribution in [-0.2, 0) is 28.1 Å². The molecule has 1 unspecified atom stereocenters. The SMILES string of the molecule is CCCCCCCCCCCCCCCCCCOCCOP(=O)(O)COS(=O)(=O)c1ccc(C)cc1. The zero-order chi connectivity index (χ0) is 27.2. The second-order valence-electron chi connectivity index (χ2n) is 9.90. The lowest BCUT2D eigenvalue weighted by atomic mass is 10.0. The molecule has 1 atom stereocenters. The van der Waals surface area contributed by atoms with Crippen LogP contribution in [0.15, 0.2) is 29.2 Å². The molecule has 0 aliphatic heterocycles. The molecule has 0 saturated heterocycles. The molecule has 0 radical (unpaired) electrons. The Balaban J connectivity index is 1.90. The Morgan fingerprint density at radius 3 is 1.65 bits per heavy atom. The van der Waals surface area contributed by atoms with Gasteiger partial charge in [0.15, 0.2) is 6.35 Å². The summed E-state index contributed by atoms with van der Waals surface area (Å²) in [5.74, 6) is 0. The van der Waals surface area contributed by atoms with E-state index in [1.54, 1.807) is 12.1 Å². The maximum atomic E-state index is 12.1. The van der Waals surface area contributed by atoms with Crippen LogP contribution in [0.1, 0.15) is 115 Å². The van der Waals surface area contributed by atoms with Gasteiger partial charge in [-0.05, 0) is 25.5 Å². The summed E-state index contributed by atoms with van der Waals surface area (Å²) in [6.07, 6.45) is 20.1. The summed E-state index contributed by atoms with van der Waals surface area (Å²) in [7, 11) is -8.31. The molecular weight excluding hydrogens is 511 g/mol. The maximum Gasteiger partial charge on any atom is 0.355 e. The first-order valence-corrected chi connectivity index (χ1v) is 17.4. The quantitative estimate of drug-likeness (QED) is 0.0729. The van der Waals surface area contributed by atoms with E-state index < -0.39 is 24.1 Å². The second kappa shape index (κ2) is 21.1. The van der Waals surface area contributed by atoms with Gasteiger partial charge in [-0.3, -0.25) is 8.75 Å². The molecule has 37 heavy (non-hydrogen) atoms. The molecule has 0 aliphatic carbocycles. The van der Waals surface area contributed by atoms with Crippen molar-refractivity contribution in [3.8, 4) is 0 Å². The highest BCUT2D eigenvalue weighted by atomic mass is 32.2. The smallest absolute Gasteiger partial charge is 0.355 e. The standard InChI is InChI=1S/C28H51O7PS/c1-3-4-5-6-7-8-9-10-11-12-13-14-15-16-17-18-23-33-24-25-34-36(29,30)26-35-37(31,32)28-21-19-27(2)20-22-28/h19-22H,3-18,23-26H2,1-2H3,(H,29,30). The van der Waals surface area contributed by atoms with E-state index in [9.17, 15) is 17.9 Å². The van der Waals surface area contributed by atoms with E-state index in [-0.39, 0.29) is 18.1 Å². The molecule has 0 aromatic heterocycles. The van der Waals surface area contributed by atoms with Gasteiger partial charge in [0, 0.05) is 6.61 Å². The first kappa shape index (κ1) is 34.3. The highest BCUT2D eigenvalue weighted by Crippen LogP contribution is 2.42. The molecule has 0 amide bonds. The number of benzene rings is 1. The zero-order valence-corrected chi connectivity index (χ0v) is 24.9. The lowest BCUT2D eigenvalue weighted by molar-refractivity contribution is 0.0905. The summed E-state index contributed by atoms with van der Waals surface area (Å²) < 4.78 is 51.3. The van der Waals surface area contributed by atoms with Gasteiger partial charge in [0.05, 0.1) is 18.1 Å². The predicted molar refractivity (Wildman–Crippen MR) is 150 cm³/mol. The topological polar surface area (TPSA) is 99.1 Å². The third kappa shape index (κ3) is 19.0. The van der Waals surface area contributed by atoms with Crippen molar-refractivity contribution in [2.75, 3.05) is 26.2 Å². The van der Waals surface area contributed by atoms with E-state index in [0.29, 0.717) is 6.61 Å². The molecule has 1 rings (SSSR count). The molecule has 216 valence electrons. The van der Waals surface area contributed by atoms with Crippen LogP contribution < -0.4 is 0 Å². The summed E-state index contributed by atoms with van der Waals surface area (Å²) in [4.78, 5) is 9.74. The summed E-state index contributed by atoms with van der Waals surface area (Å²) >= 11 is 0. The third-order valence-corrected chi connectivity index (χ3v) is 8.84. The molecule has 9 heteroatoms. The number of rotatable bonds is 25. The molecule has 1 N–H and O–H groups in total. The van der Waals surface area contributed by atoms with Crippen molar-refractivity contribution in [3.05, 3.63) is 29.8 Å². The highest BCUT2D eigenvalue weighted by molar-refractivity contribution is 7.87. The Kier molecular flexibility index (Phi) is 19.6. The van der Waals surface area contributed by atoms with Crippen LogP contribution in [0, 0.1) is 6.92 Å². The van der Waals surface area contributed by atoms with Gasteiger partial charge in [0.2, 0.25) is 0 Å². The predicted octanol–water partition coefficient (Wildman–Crippen LogP) is 8.14. The summed E-state index contributed by atoms with van der Waals surface area (Å²) in [6.45, 7) is 4.75. The molecule has 7 nitrogen and oxygen atoms in total. The minimum atomic E-state index is -4.19. The van der Waals surface area contributed by atoms with Gasteiger partial charge in [-0.2, -0.15) is 8.42 Å². The van der Waals surface area contributed by atoms with Crippen LogP contribution in [0.2, 0.25) is 0 Å². The van der Waals surface area contributed by atoms with Crippen LogP contribution in [0.5, 0.6) is 0 Å². The fourth-order valence-electron chi connectivity index (χ4n) is 4.04. The zero-order valence-electron chi connectivity index (χ0n) is 23.2. The van der Waals surface area contributed by atoms with Crippen molar-refractivity contribution in [1.82, 2.24) is 0 Å². The monoisotopic (exact) mass is 562 g/mol. The Bertz CT molecular complexity index is 827. The highest BCUT2D eigenvalue weighted by Gasteiger charge is 2.25. The van der Waals surface area contributed by atoms with Crippen LogP contribution in [0.25, 0.3) is 0 Å². The Morgan fingerprint density at radius 1 is 0.703 bits per heavy atom. The molecule has 1 aromatic carbocycles. The van der Waals surface area contributed by atoms with Crippen LogP contribution in [0.3, 0.4) is 0 Å². The average molecular weight is 563 g/mol. The van der Waals surface area contributed by atoms with E-state index in [4.69, 9.17) is 13.4 Å². The fourth-order valence-corrected chi connectivity index (χ4v) is 6.17. The van der Waals surface area contributed by atoms with E-state index in [2.05, 4.69) is 6.92 Å². The van der Waals surface area contributed by atoms with Crippen molar-refractivity contribution < 1.29 is 31.3 Å². The van der Waals surface area contributed by atoms with Gasteiger partial charge >= 0.3 is 7.60 Å². The molecule has 0 fully saturated rings. The third-order valence-electron chi connectivity index (χ3n) is 6.34. The summed E-state index contributed by atoms with van der Waals surface area (Å²) in [5, 5.41) is 0. The average Bonchev–Trinajstić information content (AvgIpc) is 2.87. The Morgan fingerprint density at radius 2 is 1.16 bits per heavy atom. The summed E-state index contributed by atoms with van der Waals surface area (Å²) in [6, 6.07) is 6.03. The molecular formula is C28H51O7PS. The van der Waals surface area contributed by atoms with Gasteiger partial charge in [-0.25, -0.2) is 0 Å². The number of aryl methyl sites for hydroxylation is 1. The Labute approximate surface area is 226 Å². The molecule has 0 bridgehead atoms. The van der Waals surface area contributed by atoms with Crippen molar-refractivity contribution in [1.29, 1.82) is 0 Å². The van der Waals surface area contributed by atoms with Crippen molar-refractivity contribution in [2.24, 2.45) is 0 Å². The number of hydrogen-bond acceptors (Lipinski definition) is 6. The first-order valence-electron chi connectivity index (χ1n) is 14.3. The molecule has 0 spiro atoms. The largest absolute Gasteiger partial charge is 0.379 e. The number of unbranched alkanes of at least 4 members (excludes halogenated alkanes) is 15. The fraction of sp³-hybridized carbons (Fsp3) is 0.786. The van der Waals surface area contributed by atoms with Crippen molar-refractivity contribution in [3.63, 3.8) is 0 Å². The number of ether oxygens (including phenoxy) is 1. The Hall–Kier alpha value is -0.760. The lowest BCUT2D eigenvalue weighted by Crippen LogP contribution is -2.11. The van der Waals surface area contributed by atoms with Gasteiger partial charge in [0.1, 0.15) is 0 Å². The van der Waals surface area contributed by atoms with Gasteiger partial charge < -0.3 is 14.2 Å². The molecule has 0 aliphatic rings. The minimum Gasteiger partial charge on any atom is -0.379 e. The minimum absolute atomic E-state index is 0.0692. The first-order chi connectivity index (χ1) is 17.8. The van der Waals surface area contributed by atoms with E-state index in [1.807, 2.05) is 6.92 Å². The molecule has 1 aromatic rings. The summed E-state index contributed by atoms with van der Waals surface area (Å²) in [5.41, 5.74) is 0.898. The van der Waals surface area contributed by atoms with Crippen LogP contribution in [-0.4, -0.2) is 39.5 Å². The molecule has 0 saturated carbocycles. The van der Waals surface area contributed by atoms with Crippen molar-refractivity contribution in [2.45, 2.75) is 121 Å². The maximum absolute atomic E-state index is 12.1. The van der Waals surface area contributed by atoms with E-state index in [1.165, 1.54) is 102 Å². The van der Waals surface area contributed by atoms with Crippen molar-refractivity contribution >= 4 is 17.7 Å². The van der Waals surface area contributed by atoms with Crippen LogP contribution in [0.4, 0.5) is 0 Å². The number of hydrogen-bond donors (Lipinski definition) is 1. The normalized spacial score (nSPS) is 13.6. The van der Waals surface area contributed by atoms with E-state index in [0.717, 1.165) is 18.4 Å². The molecule has 0 heterocycles.